The van der Waals surface area contributed by atoms with Crippen molar-refractivity contribution in [1.29, 1.82) is 0 Å². The van der Waals surface area contributed by atoms with Crippen molar-refractivity contribution in [2.24, 2.45) is 0 Å². The van der Waals surface area contributed by atoms with Crippen LogP contribution in [0.5, 0.6) is 0 Å². The first-order valence-electron chi connectivity index (χ1n) is 7.46. The molecule has 0 saturated heterocycles. The molecule has 120 valence electrons. The van der Waals surface area contributed by atoms with Gasteiger partial charge in [-0.1, -0.05) is 18.2 Å². The van der Waals surface area contributed by atoms with Crippen LogP contribution >= 0.6 is 0 Å². The normalized spacial score (nSPS) is 14.4. The Morgan fingerprint density at radius 2 is 1.78 bits per heavy atom. The van der Waals surface area contributed by atoms with Gasteiger partial charge in [-0.25, -0.2) is 13.1 Å². The molecule has 1 amide bonds. The fourth-order valence-corrected chi connectivity index (χ4v) is 3.53. The smallest absolute Gasteiger partial charge is 0.258 e. The lowest BCUT2D eigenvalue weighted by Gasteiger charge is -2.29. The third-order valence-corrected chi connectivity index (χ3v) is 5.47. The van der Waals surface area contributed by atoms with E-state index in [4.69, 9.17) is 0 Å². The van der Waals surface area contributed by atoms with Gasteiger partial charge >= 0.3 is 0 Å². The zero-order valence-electron chi connectivity index (χ0n) is 12.8. The predicted molar refractivity (Wildman–Crippen MR) is 89.1 cm³/mol. The molecule has 0 atom stereocenters. The van der Waals surface area contributed by atoms with Gasteiger partial charge in [0.15, 0.2) is 0 Å². The standard InChI is InChI=1S/C17H18N2O3S/c1-18-23(21,22)15-10-8-14(9-11-15)17(20)19-12-4-6-13-5-2-3-7-16(13)19/h2-3,5,7-11,18H,4,6,12H2,1H3. The van der Waals surface area contributed by atoms with Gasteiger partial charge in [0.05, 0.1) is 4.90 Å². The van der Waals surface area contributed by atoms with Crippen LogP contribution in [0.2, 0.25) is 0 Å². The number of carbonyl (C=O) groups is 1. The Balaban J connectivity index is 1.90. The van der Waals surface area contributed by atoms with Crippen LogP contribution in [-0.2, 0) is 16.4 Å². The monoisotopic (exact) mass is 330 g/mol. The third-order valence-electron chi connectivity index (χ3n) is 4.04. The second kappa shape index (κ2) is 6.14. The Kier molecular flexibility index (Phi) is 4.19. The molecule has 23 heavy (non-hydrogen) atoms. The van der Waals surface area contributed by atoms with Gasteiger partial charge < -0.3 is 4.90 Å². The predicted octanol–water partition coefficient (Wildman–Crippen LogP) is 2.19. The summed E-state index contributed by atoms with van der Waals surface area (Å²) in [6, 6.07) is 13.9. The molecule has 6 heteroatoms. The Morgan fingerprint density at radius 3 is 2.48 bits per heavy atom. The van der Waals surface area contributed by atoms with Gasteiger partial charge in [0.25, 0.3) is 5.91 Å². The number of anilines is 1. The summed E-state index contributed by atoms with van der Waals surface area (Å²) < 4.78 is 25.7. The summed E-state index contributed by atoms with van der Waals surface area (Å²) in [5.74, 6) is -0.106. The van der Waals surface area contributed by atoms with E-state index in [0.29, 0.717) is 12.1 Å². The maximum Gasteiger partial charge on any atom is 0.258 e. The molecular formula is C17H18N2O3S. The highest BCUT2D eigenvalue weighted by molar-refractivity contribution is 7.89. The van der Waals surface area contributed by atoms with Crippen LogP contribution in [0.3, 0.4) is 0 Å². The first-order chi connectivity index (χ1) is 11.0. The molecule has 0 fully saturated rings. The van der Waals surface area contributed by atoms with Gasteiger partial charge in [-0.3, -0.25) is 4.79 Å². The number of aryl methyl sites for hydroxylation is 1. The maximum absolute atomic E-state index is 12.8. The molecule has 0 bridgehead atoms. The van der Waals surface area contributed by atoms with Crippen LogP contribution in [0.25, 0.3) is 0 Å². The first-order valence-corrected chi connectivity index (χ1v) is 8.94. The maximum atomic E-state index is 12.8. The molecule has 0 radical (unpaired) electrons. The highest BCUT2D eigenvalue weighted by Crippen LogP contribution is 2.28. The SMILES string of the molecule is CNS(=O)(=O)c1ccc(C(=O)N2CCCc3ccccc32)cc1. The molecule has 2 aromatic rings. The van der Waals surface area contributed by atoms with Crippen molar-refractivity contribution in [2.75, 3.05) is 18.5 Å². The van der Waals surface area contributed by atoms with E-state index in [2.05, 4.69) is 4.72 Å². The zero-order valence-corrected chi connectivity index (χ0v) is 13.6. The molecule has 1 N–H and O–H groups in total. The minimum Gasteiger partial charge on any atom is -0.308 e. The summed E-state index contributed by atoms with van der Waals surface area (Å²) in [4.78, 5) is 14.7. The third kappa shape index (κ3) is 3.00. The Hall–Kier alpha value is -2.18. The lowest BCUT2D eigenvalue weighted by atomic mass is 10.0. The number of nitrogens with one attached hydrogen (secondary N) is 1. The fourth-order valence-electron chi connectivity index (χ4n) is 2.79. The summed E-state index contributed by atoms with van der Waals surface area (Å²) in [5.41, 5.74) is 2.59. The Morgan fingerprint density at radius 1 is 1.09 bits per heavy atom. The fraction of sp³-hybridized carbons (Fsp3) is 0.235. The summed E-state index contributed by atoms with van der Waals surface area (Å²) in [7, 11) is -2.13. The van der Waals surface area contributed by atoms with Crippen LogP contribution in [0.1, 0.15) is 22.3 Å². The van der Waals surface area contributed by atoms with Crippen molar-refractivity contribution in [2.45, 2.75) is 17.7 Å². The molecule has 1 aliphatic heterocycles. The molecule has 0 saturated carbocycles. The number of hydrogen-bond donors (Lipinski definition) is 1. The number of rotatable bonds is 3. The van der Waals surface area contributed by atoms with Crippen molar-refractivity contribution < 1.29 is 13.2 Å². The molecular weight excluding hydrogens is 312 g/mol. The van der Waals surface area contributed by atoms with E-state index in [1.165, 1.54) is 24.7 Å². The van der Waals surface area contributed by atoms with E-state index in [0.717, 1.165) is 18.5 Å². The number of para-hydroxylation sites is 1. The van der Waals surface area contributed by atoms with Gasteiger partial charge in [0, 0.05) is 17.8 Å². The Labute approximate surface area is 136 Å². The largest absolute Gasteiger partial charge is 0.308 e. The summed E-state index contributed by atoms with van der Waals surface area (Å²) >= 11 is 0. The molecule has 0 aliphatic carbocycles. The molecule has 5 nitrogen and oxygen atoms in total. The van der Waals surface area contributed by atoms with Crippen molar-refractivity contribution in [1.82, 2.24) is 4.72 Å². The van der Waals surface area contributed by atoms with E-state index in [1.807, 2.05) is 24.3 Å². The lowest BCUT2D eigenvalue weighted by Crippen LogP contribution is -2.35. The molecule has 1 heterocycles. The van der Waals surface area contributed by atoms with Crippen molar-refractivity contribution in [3.05, 3.63) is 59.7 Å². The minimum atomic E-state index is -3.49. The van der Waals surface area contributed by atoms with Crippen molar-refractivity contribution >= 4 is 21.6 Å². The number of amides is 1. The lowest BCUT2D eigenvalue weighted by molar-refractivity contribution is 0.0985. The highest BCUT2D eigenvalue weighted by atomic mass is 32.2. The highest BCUT2D eigenvalue weighted by Gasteiger charge is 2.23. The van der Waals surface area contributed by atoms with Crippen LogP contribution < -0.4 is 9.62 Å². The number of nitrogens with zero attached hydrogens (tertiary/aromatic N) is 1. The summed E-state index contributed by atoms with van der Waals surface area (Å²) in [6.45, 7) is 0.673. The zero-order chi connectivity index (χ0) is 16.4. The first kappa shape index (κ1) is 15.7. The Bertz CT molecular complexity index is 829. The molecule has 0 aromatic heterocycles. The van der Waals surface area contributed by atoms with Gasteiger partial charge in [-0.05, 0) is 55.8 Å². The van der Waals surface area contributed by atoms with Gasteiger partial charge in [0.2, 0.25) is 10.0 Å². The van der Waals surface area contributed by atoms with E-state index >= 15 is 0 Å². The van der Waals surface area contributed by atoms with Crippen LogP contribution in [0.15, 0.2) is 53.4 Å². The average Bonchev–Trinajstić information content (AvgIpc) is 2.60. The second-order valence-corrected chi connectivity index (χ2v) is 7.31. The van der Waals surface area contributed by atoms with E-state index < -0.39 is 10.0 Å². The number of carbonyl (C=O) groups excluding carboxylic acids is 1. The number of sulfonamides is 1. The molecule has 2 aromatic carbocycles. The number of benzene rings is 2. The quantitative estimate of drug-likeness (QED) is 0.938. The summed E-state index contributed by atoms with van der Waals surface area (Å²) in [6.07, 6.45) is 1.90. The van der Waals surface area contributed by atoms with Crippen LogP contribution in [-0.4, -0.2) is 27.9 Å². The topological polar surface area (TPSA) is 66.5 Å². The van der Waals surface area contributed by atoms with E-state index in [9.17, 15) is 13.2 Å². The molecule has 0 spiro atoms. The second-order valence-electron chi connectivity index (χ2n) is 5.42. The minimum absolute atomic E-state index is 0.106. The molecule has 1 aliphatic rings. The average molecular weight is 330 g/mol. The van der Waals surface area contributed by atoms with Gasteiger partial charge in [-0.15, -0.1) is 0 Å². The van der Waals surface area contributed by atoms with Crippen molar-refractivity contribution in [3.63, 3.8) is 0 Å². The van der Waals surface area contributed by atoms with Crippen LogP contribution in [0, 0.1) is 0 Å². The summed E-state index contributed by atoms with van der Waals surface area (Å²) in [5, 5.41) is 0. The van der Waals surface area contributed by atoms with E-state index in [1.54, 1.807) is 17.0 Å². The van der Waals surface area contributed by atoms with Crippen molar-refractivity contribution in [3.8, 4) is 0 Å². The van der Waals surface area contributed by atoms with E-state index in [-0.39, 0.29) is 10.8 Å². The number of hydrogen-bond acceptors (Lipinski definition) is 3. The van der Waals surface area contributed by atoms with Crippen LogP contribution in [0.4, 0.5) is 5.69 Å². The number of fused-ring (bicyclic) bond motifs is 1. The van der Waals surface area contributed by atoms with Gasteiger partial charge in [0.1, 0.15) is 0 Å². The van der Waals surface area contributed by atoms with Gasteiger partial charge in [-0.2, -0.15) is 0 Å². The molecule has 0 unspecified atom stereocenters. The molecule has 3 rings (SSSR count).